The van der Waals surface area contributed by atoms with Crippen LogP contribution in [-0.4, -0.2) is 49.6 Å². The van der Waals surface area contributed by atoms with Gasteiger partial charge in [0.15, 0.2) is 11.0 Å². The van der Waals surface area contributed by atoms with E-state index in [0.717, 1.165) is 57.8 Å². The second-order valence-electron chi connectivity index (χ2n) is 5.79. The molecule has 0 unspecified atom stereocenters. The molecule has 0 spiro atoms. The number of fused-ring (bicyclic) bond motifs is 1. The third-order valence-electron chi connectivity index (χ3n) is 3.81. The molecule has 0 saturated carbocycles. The zero-order chi connectivity index (χ0) is 17.0. The van der Waals surface area contributed by atoms with E-state index in [1.54, 1.807) is 0 Å². The van der Waals surface area contributed by atoms with Gasteiger partial charge in [-0.25, -0.2) is 4.63 Å². The normalized spacial score (nSPS) is 11.2. The number of nitrogens with zero attached hydrogens (tertiary/aromatic N) is 2. The Kier molecular flexibility index (Phi) is 8.29. The summed E-state index contributed by atoms with van der Waals surface area (Å²) in [6.07, 6.45) is 4.46. The molecule has 0 atom stereocenters. The zero-order valence-electron chi connectivity index (χ0n) is 14.2. The molecule has 0 radical (unpaired) electrons. The van der Waals surface area contributed by atoms with E-state index in [9.17, 15) is 0 Å². The molecular formula is C16H29N7O. The topological polar surface area (TPSA) is 127 Å². The Morgan fingerprint density at radius 3 is 2.25 bits per heavy atom. The molecule has 0 saturated heterocycles. The van der Waals surface area contributed by atoms with Gasteiger partial charge in [0, 0.05) is 6.54 Å². The van der Waals surface area contributed by atoms with Crippen LogP contribution in [0.4, 0.5) is 11.4 Å². The highest BCUT2D eigenvalue weighted by molar-refractivity contribution is 5.94. The lowest BCUT2D eigenvalue weighted by Crippen LogP contribution is -2.22. The van der Waals surface area contributed by atoms with Crippen LogP contribution in [0.25, 0.3) is 11.0 Å². The van der Waals surface area contributed by atoms with E-state index in [4.69, 9.17) is 16.1 Å². The van der Waals surface area contributed by atoms with Crippen LogP contribution in [0.1, 0.15) is 25.7 Å². The van der Waals surface area contributed by atoms with Gasteiger partial charge in [-0.15, -0.1) is 0 Å². The van der Waals surface area contributed by atoms with Crippen LogP contribution < -0.4 is 27.4 Å². The number of nitrogen functional groups attached to an aromatic ring is 1. The molecule has 2 aromatic rings. The van der Waals surface area contributed by atoms with Gasteiger partial charge in [-0.05, 0) is 80.9 Å². The second kappa shape index (κ2) is 10.8. The first-order valence-electron chi connectivity index (χ1n) is 8.69. The molecule has 8 nitrogen and oxygen atoms in total. The number of hydrogen-bond donors (Lipinski definition) is 5. The number of unbranched alkanes of at least 4 members (excludes halogenated alkanes) is 1. The molecular weight excluding hydrogens is 306 g/mol. The Labute approximate surface area is 142 Å². The van der Waals surface area contributed by atoms with Crippen LogP contribution in [-0.2, 0) is 0 Å². The van der Waals surface area contributed by atoms with Crippen molar-refractivity contribution in [1.29, 1.82) is 0 Å². The minimum atomic E-state index is 0.580. The van der Waals surface area contributed by atoms with Gasteiger partial charge in [0.05, 0.1) is 11.4 Å². The third-order valence-corrected chi connectivity index (χ3v) is 3.81. The summed E-state index contributed by atoms with van der Waals surface area (Å²) < 4.78 is 4.76. The Morgan fingerprint density at radius 1 is 0.833 bits per heavy atom. The molecule has 0 fully saturated rings. The fraction of sp³-hybridized carbons (Fsp3) is 0.625. The predicted octanol–water partition coefficient (Wildman–Crippen LogP) is 0.915. The number of hydrogen-bond acceptors (Lipinski definition) is 8. The highest BCUT2D eigenvalue weighted by atomic mass is 16.6. The molecule has 0 amide bonds. The Balaban J connectivity index is 1.50. The molecule has 0 aliphatic carbocycles. The average Bonchev–Trinajstić information content (AvgIpc) is 3.08. The SMILES string of the molecule is NCCCNCCCCNCCCNc1ccc(N)c2nonc12. The number of anilines is 2. The van der Waals surface area contributed by atoms with E-state index < -0.39 is 0 Å². The number of nitrogens with one attached hydrogen (secondary N) is 3. The quantitative estimate of drug-likeness (QED) is 0.270. The summed E-state index contributed by atoms with van der Waals surface area (Å²) in [5.74, 6) is 0. The van der Waals surface area contributed by atoms with E-state index >= 15 is 0 Å². The third kappa shape index (κ3) is 5.95. The van der Waals surface area contributed by atoms with Crippen molar-refractivity contribution in [2.24, 2.45) is 5.73 Å². The fourth-order valence-electron chi connectivity index (χ4n) is 2.44. The molecule has 0 bridgehead atoms. The first kappa shape index (κ1) is 18.4. The lowest BCUT2D eigenvalue weighted by atomic mass is 10.2. The van der Waals surface area contributed by atoms with Crippen LogP contribution in [0.3, 0.4) is 0 Å². The van der Waals surface area contributed by atoms with Crippen molar-refractivity contribution in [1.82, 2.24) is 20.9 Å². The summed E-state index contributed by atoms with van der Waals surface area (Å²) in [6.45, 7) is 5.76. The molecule has 1 aromatic carbocycles. The maximum Gasteiger partial charge on any atom is 0.160 e. The van der Waals surface area contributed by atoms with E-state index in [1.165, 1.54) is 12.8 Å². The minimum absolute atomic E-state index is 0.580. The van der Waals surface area contributed by atoms with Gasteiger partial charge >= 0.3 is 0 Å². The highest BCUT2D eigenvalue weighted by Crippen LogP contribution is 2.24. The Hall–Kier alpha value is -1.90. The maximum absolute atomic E-state index is 5.83. The first-order valence-corrected chi connectivity index (χ1v) is 8.69. The van der Waals surface area contributed by atoms with Crippen molar-refractivity contribution in [3.63, 3.8) is 0 Å². The fourth-order valence-corrected chi connectivity index (χ4v) is 2.44. The van der Waals surface area contributed by atoms with Gasteiger partial charge in [0.2, 0.25) is 0 Å². The summed E-state index contributed by atoms with van der Waals surface area (Å²) in [4.78, 5) is 0. The van der Waals surface area contributed by atoms with Gasteiger partial charge in [-0.2, -0.15) is 0 Å². The molecule has 1 aromatic heterocycles. The van der Waals surface area contributed by atoms with Crippen molar-refractivity contribution in [3.05, 3.63) is 12.1 Å². The summed E-state index contributed by atoms with van der Waals surface area (Å²) in [5.41, 5.74) is 14.1. The summed E-state index contributed by atoms with van der Waals surface area (Å²) in [7, 11) is 0. The van der Waals surface area contributed by atoms with Crippen molar-refractivity contribution < 1.29 is 4.63 Å². The van der Waals surface area contributed by atoms with Crippen LogP contribution in [0.2, 0.25) is 0 Å². The lowest BCUT2D eigenvalue weighted by molar-refractivity contribution is 0.316. The molecule has 1 heterocycles. The molecule has 0 aliphatic heterocycles. The number of aromatic nitrogens is 2. The smallest absolute Gasteiger partial charge is 0.160 e. The summed E-state index contributed by atoms with van der Waals surface area (Å²) >= 11 is 0. The van der Waals surface area contributed by atoms with Gasteiger partial charge < -0.3 is 27.4 Å². The highest BCUT2D eigenvalue weighted by Gasteiger charge is 2.09. The van der Waals surface area contributed by atoms with Crippen LogP contribution in [0, 0.1) is 0 Å². The predicted molar refractivity (Wildman–Crippen MR) is 98.0 cm³/mol. The van der Waals surface area contributed by atoms with E-state index in [1.807, 2.05) is 12.1 Å². The molecule has 24 heavy (non-hydrogen) atoms. The molecule has 7 N–H and O–H groups in total. The van der Waals surface area contributed by atoms with Crippen molar-refractivity contribution >= 4 is 22.4 Å². The van der Waals surface area contributed by atoms with Gasteiger partial charge in [0.25, 0.3) is 0 Å². The summed E-state index contributed by atoms with van der Waals surface area (Å²) in [6, 6.07) is 3.72. The number of benzene rings is 1. The Bertz CT molecular complexity index is 587. The monoisotopic (exact) mass is 335 g/mol. The molecule has 0 aliphatic rings. The zero-order valence-corrected chi connectivity index (χ0v) is 14.2. The van der Waals surface area contributed by atoms with E-state index in [-0.39, 0.29) is 0 Å². The van der Waals surface area contributed by atoms with Gasteiger partial charge in [0.1, 0.15) is 0 Å². The Morgan fingerprint density at radius 2 is 1.50 bits per heavy atom. The average molecular weight is 335 g/mol. The van der Waals surface area contributed by atoms with E-state index in [2.05, 4.69) is 26.3 Å². The van der Waals surface area contributed by atoms with Crippen LogP contribution in [0.15, 0.2) is 16.8 Å². The van der Waals surface area contributed by atoms with Crippen molar-refractivity contribution in [2.45, 2.75) is 25.7 Å². The molecule has 2 rings (SSSR count). The number of nitrogens with two attached hydrogens (primary N) is 2. The van der Waals surface area contributed by atoms with E-state index in [0.29, 0.717) is 16.7 Å². The number of rotatable bonds is 13. The maximum atomic E-state index is 5.83. The van der Waals surface area contributed by atoms with Crippen molar-refractivity contribution in [2.75, 3.05) is 50.3 Å². The van der Waals surface area contributed by atoms with Crippen molar-refractivity contribution in [3.8, 4) is 0 Å². The second-order valence-corrected chi connectivity index (χ2v) is 5.79. The van der Waals surface area contributed by atoms with Gasteiger partial charge in [-0.3, -0.25) is 0 Å². The summed E-state index contributed by atoms with van der Waals surface area (Å²) in [5, 5.41) is 17.9. The minimum Gasteiger partial charge on any atom is -0.397 e. The molecule has 134 valence electrons. The standard InChI is InChI=1S/C16H29N7O/c17-7-3-10-19-8-1-2-9-20-11-4-12-21-14-6-5-13(18)15-16(14)23-24-22-15/h5-6,19-21H,1-4,7-12,17-18H2. The van der Waals surface area contributed by atoms with Gasteiger partial charge in [-0.1, -0.05) is 0 Å². The lowest BCUT2D eigenvalue weighted by Gasteiger charge is -2.08. The molecule has 8 heteroatoms. The van der Waals surface area contributed by atoms with Crippen LogP contribution >= 0.6 is 0 Å². The first-order chi connectivity index (χ1) is 11.8. The van der Waals surface area contributed by atoms with Crippen LogP contribution in [0.5, 0.6) is 0 Å². The largest absolute Gasteiger partial charge is 0.397 e.